The van der Waals surface area contributed by atoms with Crippen LogP contribution in [-0.4, -0.2) is 18.2 Å². The van der Waals surface area contributed by atoms with Crippen molar-refractivity contribution < 1.29 is 0 Å². The highest BCUT2D eigenvalue weighted by Gasteiger charge is 1.99. The fourth-order valence-electron chi connectivity index (χ4n) is 0.662. The number of hydrogen-bond donors (Lipinski definition) is 0. The van der Waals surface area contributed by atoms with E-state index < -0.39 is 0 Å². The molecule has 0 unspecified atom stereocenters. The van der Waals surface area contributed by atoms with Gasteiger partial charge in [-0.3, -0.25) is 4.99 Å². The molecule has 0 aliphatic carbocycles. The molecule has 1 nitrogen and oxygen atoms in total. The molecule has 0 N–H and O–H groups in total. The van der Waals surface area contributed by atoms with Gasteiger partial charge in [0.2, 0.25) is 0 Å². The van der Waals surface area contributed by atoms with Crippen LogP contribution in [-0.2, 0) is 0 Å². The van der Waals surface area contributed by atoms with E-state index in [2.05, 4.69) is 11.6 Å². The third-order valence-corrected chi connectivity index (χ3v) is 2.76. The van der Waals surface area contributed by atoms with Gasteiger partial charge < -0.3 is 0 Å². The molecule has 12 heavy (non-hydrogen) atoms. The van der Waals surface area contributed by atoms with Gasteiger partial charge in [0.1, 0.15) is 5.03 Å². The van der Waals surface area contributed by atoms with E-state index in [4.69, 9.17) is 0 Å². The lowest BCUT2D eigenvalue weighted by Crippen LogP contribution is -1.84. The van der Waals surface area contributed by atoms with Crippen molar-refractivity contribution in [1.82, 2.24) is 0 Å². The molecule has 0 bridgehead atoms. The van der Waals surface area contributed by atoms with Gasteiger partial charge in [0.05, 0.1) is 0 Å². The van der Waals surface area contributed by atoms with Gasteiger partial charge in [-0.2, -0.15) is 0 Å². The first kappa shape index (κ1) is 11.8. The summed E-state index contributed by atoms with van der Waals surface area (Å²) in [4.78, 5) is 5.55. The van der Waals surface area contributed by atoms with Crippen LogP contribution in [0.3, 0.4) is 0 Å². The van der Waals surface area contributed by atoms with Gasteiger partial charge in [0.15, 0.2) is 0 Å². The smallest absolute Gasteiger partial charge is 0.109 e. The summed E-state index contributed by atoms with van der Waals surface area (Å²) >= 11 is 3.33. The second-order valence-electron chi connectivity index (χ2n) is 2.34. The van der Waals surface area contributed by atoms with E-state index in [0.29, 0.717) is 0 Å². The van der Waals surface area contributed by atoms with Gasteiger partial charge in [0, 0.05) is 10.6 Å². The molecule has 0 aliphatic heterocycles. The lowest BCUT2D eigenvalue weighted by Gasteiger charge is -2.02. The van der Waals surface area contributed by atoms with Crippen molar-refractivity contribution in [3.63, 3.8) is 0 Å². The highest BCUT2D eigenvalue weighted by Crippen LogP contribution is 2.26. The molecule has 0 aromatic carbocycles. The largest absolute Gasteiger partial charge is 0.250 e. The van der Waals surface area contributed by atoms with Crippen LogP contribution in [0.1, 0.15) is 13.8 Å². The van der Waals surface area contributed by atoms with Gasteiger partial charge in [0.25, 0.3) is 0 Å². The maximum atomic E-state index is 4.40. The van der Waals surface area contributed by atoms with Crippen molar-refractivity contribution in [3.8, 4) is 0 Å². The Bertz CT molecular complexity index is 213. The van der Waals surface area contributed by atoms with E-state index in [0.717, 1.165) is 15.6 Å². The highest BCUT2D eigenvalue weighted by atomic mass is 32.2. The van der Waals surface area contributed by atoms with E-state index in [9.17, 15) is 0 Å². The third kappa shape index (κ3) is 4.02. The van der Waals surface area contributed by atoms with Crippen LogP contribution in [0.5, 0.6) is 0 Å². The minimum Gasteiger partial charge on any atom is -0.250 e. The zero-order valence-corrected chi connectivity index (χ0v) is 9.68. The predicted octanol–water partition coefficient (Wildman–Crippen LogP) is 3.55. The van der Waals surface area contributed by atoms with Crippen molar-refractivity contribution in [2.24, 2.45) is 4.99 Å². The summed E-state index contributed by atoms with van der Waals surface area (Å²) in [7, 11) is 0. The first-order valence-corrected chi connectivity index (χ1v) is 6.07. The summed E-state index contributed by atoms with van der Waals surface area (Å²) in [6.45, 7) is 7.74. The van der Waals surface area contributed by atoms with Crippen LogP contribution in [0.25, 0.3) is 0 Å². The predicted molar refractivity (Wildman–Crippen MR) is 63.0 cm³/mol. The number of nitrogens with zero attached hydrogens (tertiary/aromatic N) is 1. The Morgan fingerprint density at radius 2 is 1.83 bits per heavy atom. The molecule has 0 aromatic rings. The maximum Gasteiger partial charge on any atom is 0.109 e. The lowest BCUT2D eigenvalue weighted by molar-refractivity contribution is 1.46. The van der Waals surface area contributed by atoms with Crippen LogP contribution in [0.2, 0.25) is 0 Å². The molecule has 0 saturated carbocycles. The average Bonchev–Trinajstić information content (AvgIpc) is 2.04. The topological polar surface area (TPSA) is 12.4 Å². The summed E-state index contributed by atoms with van der Waals surface area (Å²) in [5.74, 6) is 0. The third-order valence-electron chi connectivity index (χ3n) is 1.13. The molecule has 0 fully saturated rings. The van der Waals surface area contributed by atoms with E-state index in [-0.39, 0.29) is 0 Å². The molecule has 0 heterocycles. The van der Waals surface area contributed by atoms with Gasteiger partial charge in [-0.05, 0) is 26.4 Å². The second-order valence-corrected chi connectivity index (χ2v) is 3.98. The summed E-state index contributed by atoms with van der Waals surface area (Å²) < 4.78 is 0. The summed E-state index contributed by atoms with van der Waals surface area (Å²) in [6.07, 6.45) is 5.91. The Hall–Kier alpha value is -0.150. The van der Waals surface area contributed by atoms with E-state index in [1.165, 1.54) is 0 Å². The average molecular weight is 201 g/mol. The van der Waals surface area contributed by atoms with Crippen molar-refractivity contribution >= 4 is 29.2 Å². The van der Waals surface area contributed by atoms with Gasteiger partial charge in [-0.15, -0.1) is 23.5 Å². The van der Waals surface area contributed by atoms with Gasteiger partial charge in [-0.25, -0.2) is 0 Å². The standard InChI is InChI=1S/C9H15NS2/c1-6-8(11-4)9(12-5)10-7(2)3/h6H,1H2,2-5H3. The maximum absolute atomic E-state index is 4.40. The SMILES string of the molecule is C=CC(SC)=C(N=C(C)C)SC. The Labute approximate surface area is 83.4 Å². The first-order valence-electron chi connectivity index (χ1n) is 3.62. The molecule has 0 radical (unpaired) electrons. The molecule has 0 atom stereocenters. The van der Waals surface area contributed by atoms with Gasteiger partial charge in [-0.1, -0.05) is 12.7 Å². The molecule has 0 saturated heterocycles. The summed E-state index contributed by atoms with van der Waals surface area (Å²) in [5, 5.41) is 1.05. The Morgan fingerprint density at radius 1 is 1.25 bits per heavy atom. The fourth-order valence-corrected chi connectivity index (χ4v) is 2.11. The Balaban J connectivity index is 4.82. The number of aliphatic imine (C=N–C) groups is 1. The minimum absolute atomic E-state index is 1.05. The molecule has 68 valence electrons. The van der Waals surface area contributed by atoms with Crippen molar-refractivity contribution in [1.29, 1.82) is 0 Å². The molecular weight excluding hydrogens is 186 g/mol. The van der Waals surface area contributed by atoms with Crippen LogP contribution in [0, 0.1) is 0 Å². The monoisotopic (exact) mass is 201 g/mol. The Kier molecular flexibility index (Phi) is 6.30. The summed E-state index contributed by atoms with van der Waals surface area (Å²) in [6, 6.07) is 0. The molecule has 0 aromatic heterocycles. The first-order chi connectivity index (χ1) is 5.65. The van der Waals surface area contributed by atoms with E-state index >= 15 is 0 Å². The Morgan fingerprint density at radius 3 is 2.08 bits per heavy atom. The number of hydrogen-bond acceptors (Lipinski definition) is 3. The molecule has 0 rings (SSSR count). The van der Waals surface area contributed by atoms with Gasteiger partial charge >= 0.3 is 0 Å². The molecule has 3 heteroatoms. The highest BCUT2D eigenvalue weighted by molar-refractivity contribution is 8.06. The number of thioether (sulfide) groups is 2. The molecular formula is C9H15NS2. The van der Waals surface area contributed by atoms with Crippen LogP contribution in [0.4, 0.5) is 0 Å². The number of allylic oxidation sites excluding steroid dienone is 1. The zero-order valence-electron chi connectivity index (χ0n) is 8.05. The molecule has 0 spiro atoms. The molecule has 0 amide bonds. The van der Waals surface area contributed by atoms with Crippen LogP contribution < -0.4 is 0 Å². The lowest BCUT2D eigenvalue weighted by atomic mass is 10.5. The number of rotatable bonds is 4. The molecule has 0 aliphatic rings. The van der Waals surface area contributed by atoms with Crippen LogP contribution >= 0.6 is 23.5 Å². The van der Waals surface area contributed by atoms with E-state index in [1.54, 1.807) is 23.5 Å². The second kappa shape index (κ2) is 6.38. The summed E-state index contributed by atoms with van der Waals surface area (Å²) in [5.41, 5.74) is 1.08. The van der Waals surface area contributed by atoms with Crippen LogP contribution in [0.15, 0.2) is 27.6 Å². The van der Waals surface area contributed by atoms with Crippen molar-refractivity contribution in [3.05, 3.63) is 22.6 Å². The minimum atomic E-state index is 1.05. The fraction of sp³-hybridized carbons (Fsp3) is 0.444. The normalized spacial score (nSPS) is 12.0. The van der Waals surface area contributed by atoms with Crippen molar-refractivity contribution in [2.45, 2.75) is 13.8 Å². The van der Waals surface area contributed by atoms with Crippen molar-refractivity contribution in [2.75, 3.05) is 12.5 Å². The zero-order chi connectivity index (χ0) is 9.56. The van der Waals surface area contributed by atoms with E-state index in [1.807, 2.05) is 32.4 Å². The quantitative estimate of drug-likeness (QED) is 0.509.